The number of halogens is 4. The topological polar surface area (TPSA) is 68.3 Å². The third-order valence-electron chi connectivity index (χ3n) is 3.02. The predicted octanol–water partition coefficient (Wildman–Crippen LogP) is 5.51. The third kappa shape index (κ3) is 4.76. The van der Waals surface area contributed by atoms with Gasteiger partial charge in [0, 0.05) is 5.69 Å². The van der Waals surface area contributed by atoms with Crippen LogP contribution in [0.1, 0.15) is 34.2 Å². The van der Waals surface area contributed by atoms with Crippen LogP contribution in [0, 0.1) is 0 Å². The van der Waals surface area contributed by atoms with Crippen LogP contribution in [0.2, 0.25) is 20.2 Å². The van der Waals surface area contributed by atoms with Crippen molar-refractivity contribution < 1.29 is 14.3 Å². The number of rotatable bonds is 5. The fourth-order valence-corrected chi connectivity index (χ4v) is 2.61. The first kappa shape index (κ1) is 19.8. The van der Waals surface area contributed by atoms with Crippen LogP contribution < -0.4 is 5.32 Å². The molecule has 25 heavy (non-hydrogen) atoms. The largest absolute Gasteiger partial charge is 0.462 e. The average Bonchev–Trinajstić information content (AvgIpc) is 2.61. The van der Waals surface area contributed by atoms with Gasteiger partial charge in [-0.25, -0.2) is 9.78 Å². The number of carbonyl (C=O) groups is 2. The van der Waals surface area contributed by atoms with E-state index >= 15 is 0 Å². The van der Waals surface area contributed by atoms with Crippen molar-refractivity contribution in [2.24, 2.45) is 0 Å². The predicted molar refractivity (Wildman–Crippen MR) is 99.2 cm³/mol. The minimum Gasteiger partial charge on any atom is -0.462 e. The second-order valence-corrected chi connectivity index (χ2v) is 6.35. The number of benzene rings is 1. The van der Waals surface area contributed by atoms with E-state index in [1.54, 1.807) is 12.1 Å². The van der Waals surface area contributed by atoms with Gasteiger partial charge in [0.2, 0.25) is 0 Å². The van der Waals surface area contributed by atoms with Crippen molar-refractivity contribution in [2.75, 3.05) is 11.9 Å². The second kappa shape index (κ2) is 8.72. The SMILES string of the molecule is CCCOC(=O)c1ccc(NC(=O)c2nc(Cl)c(Cl)c(Cl)c2Cl)cc1. The maximum atomic E-state index is 12.3. The Kier molecular flexibility index (Phi) is 6.90. The number of hydrogen-bond donors (Lipinski definition) is 1. The van der Waals surface area contributed by atoms with Gasteiger partial charge in [0.05, 0.1) is 27.2 Å². The summed E-state index contributed by atoms with van der Waals surface area (Å²) in [5.74, 6) is -1.05. The summed E-state index contributed by atoms with van der Waals surface area (Å²) in [6, 6.07) is 6.16. The highest BCUT2D eigenvalue weighted by molar-refractivity contribution is 6.52. The van der Waals surface area contributed by atoms with Crippen LogP contribution in [0.3, 0.4) is 0 Å². The quantitative estimate of drug-likeness (QED) is 0.510. The number of hydrogen-bond acceptors (Lipinski definition) is 4. The van der Waals surface area contributed by atoms with E-state index < -0.39 is 11.9 Å². The molecule has 1 aromatic heterocycles. The lowest BCUT2D eigenvalue weighted by molar-refractivity contribution is 0.0505. The molecule has 1 amide bonds. The molecule has 0 unspecified atom stereocenters. The summed E-state index contributed by atoms with van der Waals surface area (Å²) in [5.41, 5.74) is 0.643. The van der Waals surface area contributed by atoms with Crippen LogP contribution in [-0.2, 0) is 4.74 Å². The normalized spacial score (nSPS) is 10.4. The number of carbonyl (C=O) groups excluding carboxylic acids is 2. The van der Waals surface area contributed by atoms with Crippen molar-refractivity contribution in [1.29, 1.82) is 0 Å². The molecular weight excluding hydrogens is 410 g/mol. The molecule has 5 nitrogen and oxygen atoms in total. The van der Waals surface area contributed by atoms with Crippen LogP contribution >= 0.6 is 46.4 Å². The monoisotopic (exact) mass is 420 g/mol. The van der Waals surface area contributed by atoms with Crippen LogP contribution in [0.5, 0.6) is 0 Å². The van der Waals surface area contributed by atoms with Gasteiger partial charge in [-0.05, 0) is 30.7 Å². The first-order valence-electron chi connectivity index (χ1n) is 7.13. The van der Waals surface area contributed by atoms with Crippen LogP contribution in [0.15, 0.2) is 24.3 Å². The molecule has 9 heteroatoms. The van der Waals surface area contributed by atoms with E-state index in [1.165, 1.54) is 12.1 Å². The molecule has 1 N–H and O–H groups in total. The van der Waals surface area contributed by atoms with Crippen LogP contribution in [-0.4, -0.2) is 23.5 Å². The van der Waals surface area contributed by atoms with Gasteiger partial charge >= 0.3 is 5.97 Å². The summed E-state index contributed by atoms with van der Waals surface area (Å²) < 4.78 is 5.03. The Bertz CT molecular complexity index is 810. The molecule has 2 aromatic rings. The summed E-state index contributed by atoms with van der Waals surface area (Å²) >= 11 is 23.5. The van der Waals surface area contributed by atoms with Crippen molar-refractivity contribution in [1.82, 2.24) is 4.98 Å². The average molecular weight is 422 g/mol. The molecule has 0 atom stereocenters. The molecular formula is C16H12Cl4N2O3. The fraction of sp³-hybridized carbons (Fsp3) is 0.188. The minimum absolute atomic E-state index is 0.0279. The van der Waals surface area contributed by atoms with E-state index in [1.807, 2.05) is 6.92 Å². The van der Waals surface area contributed by atoms with E-state index in [0.717, 1.165) is 6.42 Å². The van der Waals surface area contributed by atoms with E-state index in [9.17, 15) is 9.59 Å². The molecule has 1 aromatic carbocycles. The number of pyridine rings is 1. The molecule has 0 spiro atoms. The Morgan fingerprint density at radius 3 is 2.28 bits per heavy atom. The van der Waals surface area contributed by atoms with Gasteiger partial charge in [-0.2, -0.15) is 0 Å². The molecule has 0 aliphatic heterocycles. The molecule has 2 rings (SSSR count). The number of nitrogens with one attached hydrogen (secondary N) is 1. The van der Waals surface area contributed by atoms with Crippen molar-refractivity contribution in [3.05, 3.63) is 55.7 Å². The van der Waals surface area contributed by atoms with Crippen molar-refractivity contribution in [2.45, 2.75) is 13.3 Å². The smallest absolute Gasteiger partial charge is 0.338 e. The summed E-state index contributed by atoms with van der Waals surface area (Å²) in [4.78, 5) is 27.9. The number of amides is 1. The number of ether oxygens (including phenoxy) is 1. The molecule has 132 valence electrons. The Hall–Kier alpha value is -1.53. The van der Waals surface area contributed by atoms with Gasteiger partial charge in [0.15, 0.2) is 0 Å². The zero-order valence-electron chi connectivity index (χ0n) is 12.9. The number of esters is 1. The van der Waals surface area contributed by atoms with Gasteiger partial charge in [-0.15, -0.1) is 0 Å². The number of nitrogens with zero attached hydrogens (tertiary/aromatic N) is 1. The molecule has 0 aliphatic carbocycles. The molecule has 0 bridgehead atoms. The fourth-order valence-electron chi connectivity index (χ4n) is 1.80. The van der Waals surface area contributed by atoms with Crippen LogP contribution in [0.25, 0.3) is 0 Å². The number of anilines is 1. The molecule has 0 aliphatic rings. The van der Waals surface area contributed by atoms with Gasteiger partial charge < -0.3 is 10.1 Å². The lowest BCUT2D eigenvalue weighted by Crippen LogP contribution is -2.15. The lowest BCUT2D eigenvalue weighted by Gasteiger charge is -2.09. The maximum absolute atomic E-state index is 12.3. The Balaban J connectivity index is 2.15. The number of aromatic nitrogens is 1. The molecule has 0 saturated carbocycles. The highest BCUT2D eigenvalue weighted by atomic mass is 35.5. The minimum atomic E-state index is -0.619. The molecule has 0 saturated heterocycles. The van der Waals surface area contributed by atoms with Gasteiger partial charge in [-0.3, -0.25) is 4.79 Å². The Morgan fingerprint density at radius 1 is 1.04 bits per heavy atom. The van der Waals surface area contributed by atoms with Gasteiger partial charge in [0.25, 0.3) is 5.91 Å². The Labute approximate surface area is 164 Å². The summed E-state index contributed by atoms with van der Waals surface area (Å²) in [6.45, 7) is 2.25. The zero-order valence-corrected chi connectivity index (χ0v) is 15.9. The molecule has 0 radical (unpaired) electrons. The second-order valence-electron chi connectivity index (χ2n) is 4.86. The van der Waals surface area contributed by atoms with E-state index in [2.05, 4.69) is 10.3 Å². The van der Waals surface area contributed by atoms with E-state index in [0.29, 0.717) is 17.9 Å². The summed E-state index contributed by atoms with van der Waals surface area (Å²) in [7, 11) is 0. The first-order valence-corrected chi connectivity index (χ1v) is 8.64. The van der Waals surface area contributed by atoms with Crippen LogP contribution in [0.4, 0.5) is 5.69 Å². The van der Waals surface area contributed by atoms with Gasteiger partial charge in [0.1, 0.15) is 10.8 Å². The Morgan fingerprint density at radius 2 is 1.68 bits per heavy atom. The molecule has 1 heterocycles. The van der Waals surface area contributed by atoms with Crippen molar-refractivity contribution in [3.63, 3.8) is 0 Å². The van der Waals surface area contributed by atoms with Crippen molar-refractivity contribution in [3.8, 4) is 0 Å². The zero-order chi connectivity index (χ0) is 18.6. The van der Waals surface area contributed by atoms with E-state index in [-0.39, 0.29) is 25.9 Å². The van der Waals surface area contributed by atoms with Gasteiger partial charge in [-0.1, -0.05) is 53.3 Å². The first-order chi connectivity index (χ1) is 11.8. The van der Waals surface area contributed by atoms with E-state index in [4.69, 9.17) is 51.1 Å². The molecule has 0 fully saturated rings. The maximum Gasteiger partial charge on any atom is 0.338 e. The van der Waals surface area contributed by atoms with Crippen molar-refractivity contribution >= 4 is 64.0 Å². The summed E-state index contributed by atoms with van der Waals surface area (Å²) in [5, 5.41) is 2.27. The highest BCUT2D eigenvalue weighted by Gasteiger charge is 2.20. The lowest BCUT2D eigenvalue weighted by atomic mass is 10.2. The third-order valence-corrected chi connectivity index (χ3v) is 4.69. The summed E-state index contributed by atoms with van der Waals surface area (Å²) in [6.07, 6.45) is 0.736. The highest BCUT2D eigenvalue weighted by Crippen LogP contribution is 2.36. The standard InChI is InChI=1S/C16H12Cl4N2O3/c1-2-7-25-16(24)8-3-5-9(6-4-8)21-15(23)13-11(18)10(17)12(19)14(20)22-13/h3-6H,2,7H2,1H3,(H,21,23).